The van der Waals surface area contributed by atoms with Crippen molar-refractivity contribution in [1.82, 2.24) is 15.1 Å². The number of rotatable bonds is 5. The molecule has 6 heteroatoms. The molecule has 128 valence electrons. The molecule has 1 unspecified atom stereocenters. The fourth-order valence-electron chi connectivity index (χ4n) is 3.16. The molecule has 1 atom stereocenters. The summed E-state index contributed by atoms with van der Waals surface area (Å²) in [5.74, 6) is -0.468. The third-order valence-electron chi connectivity index (χ3n) is 4.26. The second-order valence-electron chi connectivity index (χ2n) is 6.20. The van der Waals surface area contributed by atoms with E-state index in [1.807, 2.05) is 6.92 Å². The monoisotopic (exact) mass is 331 g/mol. The van der Waals surface area contributed by atoms with Gasteiger partial charge in [0, 0.05) is 24.4 Å². The van der Waals surface area contributed by atoms with Crippen LogP contribution in [0.4, 0.5) is 4.39 Å². The average Bonchev–Trinajstić information content (AvgIpc) is 2.95. The van der Waals surface area contributed by atoms with Gasteiger partial charge in [0.15, 0.2) is 5.69 Å². The molecule has 1 amide bonds. The Morgan fingerprint density at radius 3 is 2.75 bits per heavy atom. The normalized spacial score (nSPS) is 15.0. The van der Waals surface area contributed by atoms with E-state index >= 15 is 0 Å². The van der Waals surface area contributed by atoms with Crippen molar-refractivity contribution in [2.24, 2.45) is 0 Å². The Hall–Kier alpha value is -2.21. The zero-order valence-electron chi connectivity index (χ0n) is 14.0. The van der Waals surface area contributed by atoms with E-state index in [4.69, 9.17) is 4.74 Å². The van der Waals surface area contributed by atoms with Gasteiger partial charge in [-0.25, -0.2) is 9.07 Å². The van der Waals surface area contributed by atoms with Gasteiger partial charge in [-0.05, 0) is 56.9 Å². The Morgan fingerprint density at radius 1 is 1.33 bits per heavy atom. The number of nitrogens with one attached hydrogen (secondary N) is 1. The molecule has 1 aromatic heterocycles. The van der Waals surface area contributed by atoms with Gasteiger partial charge < -0.3 is 10.1 Å². The van der Waals surface area contributed by atoms with Crippen molar-refractivity contribution < 1.29 is 13.9 Å². The average molecular weight is 331 g/mol. The summed E-state index contributed by atoms with van der Waals surface area (Å²) >= 11 is 0. The standard InChI is InChI=1S/C18H22FN3O2/c1-12(11-24-2)20-18(23)17-15-5-3-4-6-16(15)22(21-17)14-9-7-13(19)8-10-14/h7-10,12H,3-6,11H2,1-2H3,(H,20,23). The van der Waals surface area contributed by atoms with Crippen LogP contribution >= 0.6 is 0 Å². The van der Waals surface area contributed by atoms with Gasteiger partial charge in [0.1, 0.15) is 5.82 Å². The van der Waals surface area contributed by atoms with Crippen LogP contribution in [0.5, 0.6) is 0 Å². The highest BCUT2D eigenvalue weighted by Crippen LogP contribution is 2.27. The van der Waals surface area contributed by atoms with Gasteiger partial charge in [0.25, 0.3) is 5.91 Å². The van der Waals surface area contributed by atoms with Crippen molar-refractivity contribution >= 4 is 5.91 Å². The first kappa shape index (κ1) is 16.6. The summed E-state index contributed by atoms with van der Waals surface area (Å²) < 4.78 is 20.0. The molecule has 0 saturated heterocycles. The Morgan fingerprint density at radius 2 is 2.04 bits per heavy atom. The zero-order chi connectivity index (χ0) is 17.1. The van der Waals surface area contributed by atoms with Crippen molar-refractivity contribution in [3.8, 4) is 5.69 Å². The predicted molar refractivity (Wildman–Crippen MR) is 89.0 cm³/mol. The van der Waals surface area contributed by atoms with Crippen molar-refractivity contribution in [1.29, 1.82) is 0 Å². The number of ether oxygens (including phenoxy) is 1. The van der Waals surface area contributed by atoms with Crippen molar-refractivity contribution in [2.75, 3.05) is 13.7 Å². The van der Waals surface area contributed by atoms with E-state index in [1.165, 1.54) is 12.1 Å². The Bertz CT molecular complexity index is 725. The van der Waals surface area contributed by atoms with Crippen LogP contribution in [-0.4, -0.2) is 35.4 Å². The van der Waals surface area contributed by atoms with E-state index < -0.39 is 0 Å². The third kappa shape index (κ3) is 3.33. The zero-order valence-corrected chi connectivity index (χ0v) is 14.0. The number of amides is 1. The van der Waals surface area contributed by atoms with E-state index in [1.54, 1.807) is 23.9 Å². The van der Waals surface area contributed by atoms with Gasteiger partial charge >= 0.3 is 0 Å². The smallest absolute Gasteiger partial charge is 0.272 e. The summed E-state index contributed by atoms with van der Waals surface area (Å²) in [7, 11) is 1.60. The van der Waals surface area contributed by atoms with Crippen LogP contribution in [-0.2, 0) is 17.6 Å². The first-order valence-electron chi connectivity index (χ1n) is 8.26. The van der Waals surface area contributed by atoms with Crippen LogP contribution in [0.15, 0.2) is 24.3 Å². The molecule has 1 aliphatic carbocycles. The number of carbonyl (C=O) groups excluding carboxylic acids is 1. The molecule has 3 rings (SSSR count). The lowest BCUT2D eigenvalue weighted by atomic mass is 9.95. The second kappa shape index (κ2) is 7.13. The maximum Gasteiger partial charge on any atom is 0.272 e. The van der Waals surface area contributed by atoms with E-state index in [9.17, 15) is 9.18 Å². The third-order valence-corrected chi connectivity index (χ3v) is 4.26. The summed E-state index contributed by atoms with van der Waals surface area (Å²) in [4.78, 5) is 12.6. The summed E-state index contributed by atoms with van der Waals surface area (Å²) in [6.45, 7) is 2.34. The number of hydrogen-bond acceptors (Lipinski definition) is 3. The highest BCUT2D eigenvalue weighted by atomic mass is 19.1. The molecule has 0 bridgehead atoms. The van der Waals surface area contributed by atoms with Crippen LogP contribution < -0.4 is 5.32 Å². The molecule has 1 heterocycles. The van der Waals surface area contributed by atoms with Crippen LogP contribution in [0, 0.1) is 5.82 Å². The van der Waals surface area contributed by atoms with Gasteiger partial charge in [-0.1, -0.05) is 0 Å². The molecule has 0 radical (unpaired) electrons. The van der Waals surface area contributed by atoms with Crippen LogP contribution in [0.3, 0.4) is 0 Å². The molecule has 1 aliphatic rings. The largest absolute Gasteiger partial charge is 0.383 e. The number of nitrogens with zero attached hydrogens (tertiary/aromatic N) is 2. The maximum absolute atomic E-state index is 13.2. The molecule has 0 spiro atoms. The second-order valence-corrected chi connectivity index (χ2v) is 6.20. The number of methoxy groups -OCH3 is 1. The Kier molecular flexibility index (Phi) is 4.94. The summed E-state index contributed by atoms with van der Waals surface area (Å²) in [5, 5.41) is 7.47. The quantitative estimate of drug-likeness (QED) is 0.916. The first-order valence-corrected chi connectivity index (χ1v) is 8.26. The Balaban J connectivity index is 1.95. The summed E-state index contributed by atoms with van der Waals surface area (Å²) in [6.07, 6.45) is 3.84. The van der Waals surface area contributed by atoms with Gasteiger partial charge in [0.05, 0.1) is 12.3 Å². The van der Waals surface area contributed by atoms with Crippen molar-refractivity contribution in [3.63, 3.8) is 0 Å². The number of hydrogen-bond donors (Lipinski definition) is 1. The molecular weight excluding hydrogens is 309 g/mol. The molecular formula is C18H22FN3O2. The van der Waals surface area contributed by atoms with E-state index in [2.05, 4.69) is 10.4 Å². The molecule has 2 aromatic rings. The number of halogens is 1. The lowest BCUT2D eigenvalue weighted by molar-refractivity contribution is 0.0899. The molecule has 0 fully saturated rings. The van der Waals surface area contributed by atoms with Gasteiger partial charge in [-0.3, -0.25) is 4.79 Å². The molecule has 0 aliphatic heterocycles. The van der Waals surface area contributed by atoms with Crippen LogP contribution in [0.1, 0.15) is 41.5 Å². The molecule has 24 heavy (non-hydrogen) atoms. The van der Waals surface area contributed by atoms with Gasteiger partial charge in [0.2, 0.25) is 0 Å². The maximum atomic E-state index is 13.2. The minimum Gasteiger partial charge on any atom is -0.383 e. The lowest BCUT2D eigenvalue weighted by Crippen LogP contribution is -2.36. The minimum absolute atomic E-state index is 0.0855. The highest BCUT2D eigenvalue weighted by molar-refractivity contribution is 5.94. The fourth-order valence-corrected chi connectivity index (χ4v) is 3.16. The minimum atomic E-state index is -0.286. The van der Waals surface area contributed by atoms with Crippen molar-refractivity contribution in [2.45, 2.75) is 38.6 Å². The SMILES string of the molecule is COCC(C)NC(=O)c1nn(-c2ccc(F)cc2)c2c1CCCC2. The number of benzene rings is 1. The lowest BCUT2D eigenvalue weighted by Gasteiger charge is -2.15. The number of carbonyl (C=O) groups is 1. The molecule has 5 nitrogen and oxygen atoms in total. The topological polar surface area (TPSA) is 56.1 Å². The first-order chi connectivity index (χ1) is 11.6. The number of fused-ring (bicyclic) bond motifs is 1. The number of aromatic nitrogens is 2. The molecule has 1 aromatic carbocycles. The Labute approximate surface area is 140 Å². The van der Waals surface area contributed by atoms with Gasteiger partial charge in [-0.15, -0.1) is 0 Å². The van der Waals surface area contributed by atoms with E-state index in [0.717, 1.165) is 42.6 Å². The van der Waals surface area contributed by atoms with Crippen molar-refractivity contribution in [3.05, 3.63) is 47.0 Å². The predicted octanol–water partition coefficient (Wildman–Crippen LogP) is 2.65. The van der Waals surface area contributed by atoms with Crippen LogP contribution in [0.2, 0.25) is 0 Å². The van der Waals surface area contributed by atoms with Gasteiger partial charge in [-0.2, -0.15) is 5.10 Å². The molecule has 1 N–H and O–H groups in total. The molecule has 0 saturated carbocycles. The van der Waals surface area contributed by atoms with Crippen LogP contribution in [0.25, 0.3) is 5.69 Å². The fraction of sp³-hybridized carbons (Fsp3) is 0.444. The highest BCUT2D eigenvalue weighted by Gasteiger charge is 2.26. The summed E-state index contributed by atoms with van der Waals surface area (Å²) in [5.41, 5.74) is 3.31. The summed E-state index contributed by atoms with van der Waals surface area (Å²) in [6, 6.07) is 6.11. The van der Waals surface area contributed by atoms with E-state index in [0.29, 0.717) is 12.3 Å². The van der Waals surface area contributed by atoms with E-state index in [-0.39, 0.29) is 17.8 Å².